The summed E-state index contributed by atoms with van der Waals surface area (Å²) in [4.78, 5) is 19.4. The minimum atomic E-state index is -3.81. The van der Waals surface area contributed by atoms with Crippen molar-refractivity contribution in [3.05, 3.63) is 53.5 Å². The Bertz CT molecular complexity index is 1090. The predicted octanol–water partition coefficient (Wildman–Crippen LogP) is 2.72. The number of primary sulfonamides is 1. The second kappa shape index (κ2) is 7.59. The van der Waals surface area contributed by atoms with Gasteiger partial charge in [-0.25, -0.2) is 18.5 Å². The molecule has 2 heterocycles. The lowest BCUT2D eigenvalue weighted by molar-refractivity contribution is -0.117. The number of nitrogens with two attached hydrogens (primary N) is 1. The number of thiazole rings is 1. The molecule has 3 aromatic rings. The van der Waals surface area contributed by atoms with E-state index in [2.05, 4.69) is 16.3 Å². The van der Waals surface area contributed by atoms with E-state index in [1.54, 1.807) is 23.5 Å². The molecule has 0 aliphatic carbocycles. The van der Waals surface area contributed by atoms with E-state index in [0.29, 0.717) is 5.69 Å². The number of anilines is 1. The Balaban J connectivity index is 1.46. The van der Waals surface area contributed by atoms with Crippen molar-refractivity contribution >= 4 is 43.2 Å². The molecule has 1 aliphatic heterocycles. The van der Waals surface area contributed by atoms with Crippen LogP contribution in [0, 0.1) is 0 Å². The molecule has 7 nitrogen and oxygen atoms in total. The zero-order valence-electron chi connectivity index (χ0n) is 15.0. The number of benzene rings is 2. The van der Waals surface area contributed by atoms with E-state index in [0.717, 1.165) is 34.6 Å². The smallest absolute Gasteiger partial charge is 0.238 e. The summed E-state index contributed by atoms with van der Waals surface area (Å²) >= 11 is 1.67. The molecule has 0 spiro atoms. The van der Waals surface area contributed by atoms with Crippen molar-refractivity contribution in [2.75, 3.05) is 18.4 Å². The Morgan fingerprint density at radius 3 is 2.86 bits per heavy atom. The topological polar surface area (TPSA) is 105 Å². The fraction of sp³-hybridized carbons (Fsp3) is 0.263. The van der Waals surface area contributed by atoms with Crippen molar-refractivity contribution in [1.82, 2.24) is 9.88 Å². The number of nitrogens with zero attached hydrogens (tertiary/aromatic N) is 2. The van der Waals surface area contributed by atoms with Gasteiger partial charge in [-0.15, -0.1) is 11.3 Å². The maximum atomic E-state index is 12.5. The maximum absolute atomic E-state index is 12.5. The summed E-state index contributed by atoms with van der Waals surface area (Å²) in [5.74, 6) is -0.195. The van der Waals surface area contributed by atoms with Crippen LogP contribution >= 0.6 is 11.3 Å². The quantitative estimate of drug-likeness (QED) is 0.665. The van der Waals surface area contributed by atoms with Crippen LogP contribution in [-0.2, 0) is 14.8 Å². The monoisotopic (exact) mass is 416 g/mol. The number of hydrogen-bond acceptors (Lipinski definition) is 6. The number of amides is 1. The normalized spacial score (nSPS) is 17.8. The van der Waals surface area contributed by atoms with Crippen molar-refractivity contribution in [3.8, 4) is 0 Å². The number of aromatic nitrogens is 1. The summed E-state index contributed by atoms with van der Waals surface area (Å²) in [6.07, 6.45) is 1.97. The van der Waals surface area contributed by atoms with Gasteiger partial charge >= 0.3 is 0 Å². The lowest BCUT2D eigenvalue weighted by Crippen LogP contribution is -2.33. The molecule has 0 unspecified atom stereocenters. The van der Waals surface area contributed by atoms with E-state index in [1.165, 1.54) is 12.1 Å². The van der Waals surface area contributed by atoms with Gasteiger partial charge in [-0.1, -0.05) is 18.2 Å². The molecule has 1 saturated heterocycles. The number of carbonyl (C=O) groups excluding carboxylic acids is 1. The molecule has 1 aliphatic rings. The molecule has 1 amide bonds. The minimum Gasteiger partial charge on any atom is -0.325 e. The molecular formula is C19H20N4O3S2. The van der Waals surface area contributed by atoms with Gasteiger partial charge in [0.25, 0.3) is 0 Å². The molecule has 1 fully saturated rings. The first kappa shape index (κ1) is 19.0. The summed E-state index contributed by atoms with van der Waals surface area (Å²) in [5.41, 5.74) is 1.39. The van der Waals surface area contributed by atoms with Crippen LogP contribution in [0.4, 0.5) is 5.69 Å². The first-order chi connectivity index (χ1) is 13.4. The average molecular weight is 417 g/mol. The summed E-state index contributed by atoms with van der Waals surface area (Å²) < 4.78 is 24.1. The molecule has 28 heavy (non-hydrogen) atoms. The van der Waals surface area contributed by atoms with E-state index in [-0.39, 0.29) is 23.4 Å². The summed E-state index contributed by atoms with van der Waals surface area (Å²) in [7, 11) is -3.81. The molecule has 9 heteroatoms. The highest BCUT2D eigenvalue weighted by Crippen LogP contribution is 2.36. The number of hydrogen-bond donors (Lipinski definition) is 2. The Kier molecular flexibility index (Phi) is 5.15. The standard InChI is InChI=1S/C19H20N4O3S2/c20-28(25,26)14-6-3-5-13(11-14)21-18(24)12-23-10-4-8-16(23)19-22-15-7-1-2-9-17(15)27-19/h1-3,5-7,9,11,16H,4,8,10,12H2,(H,21,24)(H2,20,25,26)/t16-/m1/s1. The van der Waals surface area contributed by atoms with Crippen molar-refractivity contribution in [1.29, 1.82) is 0 Å². The third kappa shape index (κ3) is 4.07. The van der Waals surface area contributed by atoms with Gasteiger partial charge in [0.2, 0.25) is 15.9 Å². The molecule has 0 bridgehead atoms. The van der Waals surface area contributed by atoms with E-state index in [1.807, 2.05) is 18.2 Å². The lowest BCUT2D eigenvalue weighted by atomic mass is 10.2. The number of rotatable bonds is 5. The molecule has 0 saturated carbocycles. The summed E-state index contributed by atoms with van der Waals surface area (Å²) in [6, 6.07) is 14.1. The van der Waals surface area contributed by atoms with Gasteiger partial charge in [0.1, 0.15) is 5.01 Å². The van der Waals surface area contributed by atoms with Gasteiger partial charge in [0, 0.05) is 5.69 Å². The number of carbonyl (C=O) groups is 1. The van der Waals surface area contributed by atoms with E-state index in [4.69, 9.17) is 10.1 Å². The van der Waals surface area contributed by atoms with Crippen LogP contribution in [0.1, 0.15) is 23.9 Å². The van der Waals surface area contributed by atoms with Crippen molar-refractivity contribution in [2.45, 2.75) is 23.8 Å². The van der Waals surface area contributed by atoms with Crippen LogP contribution in [0.25, 0.3) is 10.2 Å². The first-order valence-electron chi connectivity index (χ1n) is 8.92. The van der Waals surface area contributed by atoms with Gasteiger partial charge < -0.3 is 5.32 Å². The minimum absolute atomic E-state index is 0.0289. The number of likely N-dealkylation sites (tertiary alicyclic amines) is 1. The second-order valence-corrected chi connectivity index (χ2v) is 9.39. The molecular weight excluding hydrogens is 396 g/mol. The summed E-state index contributed by atoms with van der Waals surface area (Å²) in [6.45, 7) is 1.05. The third-order valence-electron chi connectivity index (χ3n) is 4.75. The van der Waals surface area contributed by atoms with Crippen LogP contribution in [0.2, 0.25) is 0 Å². The van der Waals surface area contributed by atoms with Crippen molar-refractivity contribution in [2.24, 2.45) is 5.14 Å². The van der Waals surface area contributed by atoms with E-state index < -0.39 is 10.0 Å². The summed E-state index contributed by atoms with van der Waals surface area (Å²) in [5, 5.41) is 8.94. The van der Waals surface area contributed by atoms with Gasteiger partial charge in [0.15, 0.2) is 0 Å². The molecule has 1 atom stereocenters. The number of sulfonamides is 1. The molecule has 3 N–H and O–H groups in total. The van der Waals surface area contributed by atoms with Crippen LogP contribution in [-0.4, -0.2) is 37.3 Å². The zero-order valence-corrected chi connectivity index (χ0v) is 16.7. The van der Waals surface area contributed by atoms with E-state index in [9.17, 15) is 13.2 Å². The molecule has 2 aromatic carbocycles. The largest absolute Gasteiger partial charge is 0.325 e. The highest BCUT2D eigenvalue weighted by molar-refractivity contribution is 7.89. The Morgan fingerprint density at radius 2 is 2.07 bits per heavy atom. The van der Waals surface area contributed by atoms with Crippen LogP contribution in [0.5, 0.6) is 0 Å². The van der Waals surface area contributed by atoms with E-state index >= 15 is 0 Å². The zero-order chi connectivity index (χ0) is 19.7. The Hall–Kier alpha value is -2.33. The maximum Gasteiger partial charge on any atom is 0.238 e. The SMILES string of the molecule is NS(=O)(=O)c1cccc(NC(=O)CN2CCC[C@@H]2c2nc3ccccc3s2)c1. The Labute approximate surface area is 167 Å². The molecule has 4 rings (SSSR count). The molecule has 146 valence electrons. The number of nitrogens with one attached hydrogen (secondary N) is 1. The number of fused-ring (bicyclic) bond motifs is 1. The highest BCUT2D eigenvalue weighted by atomic mass is 32.2. The van der Waals surface area contributed by atoms with Crippen LogP contribution < -0.4 is 10.5 Å². The fourth-order valence-electron chi connectivity index (χ4n) is 3.46. The van der Waals surface area contributed by atoms with Gasteiger partial charge in [-0.2, -0.15) is 0 Å². The molecule has 1 aromatic heterocycles. The van der Waals surface area contributed by atoms with Gasteiger partial charge in [-0.05, 0) is 49.7 Å². The van der Waals surface area contributed by atoms with Crippen molar-refractivity contribution in [3.63, 3.8) is 0 Å². The number of para-hydroxylation sites is 1. The fourth-order valence-corrected chi connectivity index (χ4v) is 5.16. The van der Waals surface area contributed by atoms with Gasteiger partial charge in [0.05, 0.1) is 27.7 Å². The Morgan fingerprint density at radius 1 is 1.25 bits per heavy atom. The first-order valence-corrected chi connectivity index (χ1v) is 11.3. The third-order valence-corrected chi connectivity index (χ3v) is 6.80. The predicted molar refractivity (Wildman–Crippen MR) is 110 cm³/mol. The average Bonchev–Trinajstić information content (AvgIpc) is 3.27. The highest BCUT2D eigenvalue weighted by Gasteiger charge is 2.30. The lowest BCUT2D eigenvalue weighted by Gasteiger charge is -2.22. The van der Waals surface area contributed by atoms with Crippen LogP contribution in [0.15, 0.2) is 53.4 Å². The molecule has 0 radical (unpaired) electrons. The van der Waals surface area contributed by atoms with Crippen molar-refractivity contribution < 1.29 is 13.2 Å². The second-order valence-electron chi connectivity index (χ2n) is 6.77. The van der Waals surface area contributed by atoms with Crippen LogP contribution in [0.3, 0.4) is 0 Å². The van der Waals surface area contributed by atoms with Gasteiger partial charge in [-0.3, -0.25) is 9.69 Å².